The molecule has 1 unspecified atom stereocenters. The first kappa shape index (κ1) is 16.7. The van der Waals surface area contributed by atoms with Crippen LogP contribution in [-0.4, -0.2) is 23.5 Å². The summed E-state index contributed by atoms with van der Waals surface area (Å²) < 4.78 is 18.4. The summed E-state index contributed by atoms with van der Waals surface area (Å²) in [5.74, 6) is -2.09. The highest BCUT2D eigenvalue weighted by Gasteiger charge is 2.22. The van der Waals surface area contributed by atoms with Crippen LogP contribution in [0, 0.1) is 12.7 Å². The number of rotatable bonds is 6. The normalized spacial score (nSPS) is 12.0. The zero-order valence-electron chi connectivity index (χ0n) is 12.9. The number of nitrogens with one attached hydrogen (secondary N) is 1. The molecular formula is C17H18FNO4. The second-order valence-electron chi connectivity index (χ2n) is 5.22. The standard InChI is InChI=1S/C17H18FNO4/c1-3-14-10(2)8-15(23-14)16(20)19-9-13(17(21)22)11-4-6-12(18)7-5-11/h4-8,13H,3,9H2,1-2H3,(H,19,20)(H,21,22). The highest BCUT2D eigenvalue weighted by Crippen LogP contribution is 2.18. The fourth-order valence-corrected chi connectivity index (χ4v) is 2.31. The fourth-order valence-electron chi connectivity index (χ4n) is 2.31. The molecule has 1 amide bonds. The van der Waals surface area contributed by atoms with E-state index >= 15 is 0 Å². The van der Waals surface area contributed by atoms with E-state index in [-0.39, 0.29) is 12.3 Å². The van der Waals surface area contributed by atoms with Crippen LogP contribution in [0.2, 0.25) is 0 Å². The van der Waals surface area contributed by atoms with Gasteiger partial charge in [-0.2, -0.15) is 0 Å². The first-order valence-electron chi connectivity index (χ1n) is 7.28. The summed E-state index contributed by atoms with van der Waals surface area (Å²) in [7, 11) is 0. The van der Waals surface area contributed by atoms with Crippen LogP contribution in [0.1, 0.15) is 40.3 Å². The smallest absolute Gasteiger partial charge is 0.312 e. The average molecular weight is 319 g/mol. The van der Waals surface area contributed by atoms with Gasteiger partial charge < -0.3 is 14.8 Å². The predicted molar refractivity (Wildman–Crippen MR) is 81.9 cm³/mol. The molecule has 1 aromatic heterocycles. The number of hydrogen-bond acceptors (Lipinski definition) is 3. The number of benzene rings is 1. The molecule has 23 heavy (non-hydrogen) atoms. The van der Waals surface area contributed by atoms with Crippen LogP contribution in [0.25, 0.3) is 0 Å². The van der Waals surface area contributed by atoms with E-state index in [4.69, 9.17) is 4.42 Å². The summed E-state index contributed by atoms with van der Waals surface area (Å²) in [6, 6.07) is 6.80. The number of hydrogen-bond donors (Lipinski definition) is 2. The number of carboxylic acids is 1. The third-order valence-electron chi connectivity index (χ3n) is 3.60. The Kier molecular flexibility index (Phi) is 5.16. The average Bonchev–Trinajstić information content (AvgIpc) is 2.90. The third-order valence-corrected chi connectivity index (χ3v) is 3.60. The van der Waals surface area contributed by atoms with Gasteiger partial charge in [-0.25, -0.2) is 4.39 Å². The maximum atomic E-state index is 12.9. The van der Waals surface area contributed by atoms with Gasteiger partial charge in [0.05, 0.1) is 5.92 Å². The van der Waals surface area contributed by atoms with Crippen LogP contribution in [0.3, 0.4) is 0 Å². The van der Waals surface area contributed by atoms with E-state index in [1.165, 1.54) is 24.3 Å². The predicted octanol–water partition coefficient (Wildman–Crippen LogP) is 2.89. The molecule has 0 saturated carbocycles. The maximum Gasteiger partial charge on any atom is 0.312 e. The minimum atomic E-state index is -1.10. The molecule has 0 saturated heterocycles. The van der Waals surface area contributed by atoms with E-state index < -0.39 is 23.6 Å². The molecule has 0 aliphatic heterocycles. The molecule has 5 nitrogen and oxygen atoms in total. The van der Waals surface area contributed by atoms with Gasteiger partial charge in [-0.15, -0.1) is 0 Å². The largest absolute Gasteiger partial charge is 0.481 e. The van der Waals surface area contributed by atoms with Crippen LogP contribution in [0.15, 0.2) is 34.7 Å². The SMILES string of the molecule is CCc1oc(C(=O)NCC(C(=O)O)c2ccc(F)cc2)cc1C. The van der Waals surface area contributed by atoms with E-state index in [1.54, 1.807) is 6.07 Å². The van der Waals surface area contributed by atoms with Crippen molar-refractivity contribution in [3.63, 3.8) is 0 Å². The molecule has 1 heterocycles. The van der Waals surface area contributed by atoms with Gasteiger partial charge in [0, 0.05) is 13.0 Å². The highest BCUT2D eigenvalue weighted by molar-refractivity contribution is 5.92. The van der Waals surface area contributed by atoms with Gasteiger partial charge in [0.25, 0.3) is 5.91 Å². The van der Waals surface area contributed by atoms with Crippen LogP contribution < -0.4 is 5.32 Å². The molecule has 0 radical (unpaired) electrons. The Morgan fingerprint density at radius 2 is 1.96 bits per heavy atom. The summed E-state index contributed by atoms with van der Waals surface area (Å²) >= 11 is 0. The molecule has 0 fully saturated rings. The number of carbonyl (C=O) groups is 2. The minimum Gasteiger partial charge on any atom is -0.481 e. The second kappa shape index (κ2) is 7.09. The van der Waals surface area contributed by atoms with Crippen LogP contribution >= 0.6 is 0 Å². The van der Waals surface area contributed by atoms with Crippen LogP contribution in [0.5, 0.6) is 0 Å². The van der Waals surface area contributed by atoms with Crippen molar-refractivity contribution in [2.24, 2.45) is 0 Å². The van der Waals surface area contributed by atoms with Crippen LogP contribution in [-0.2, 0) is 11.2 Å². The molecule has 122 valence electrons. The van der Waals surface area contributed by atoms with Crippen molar-refractivity contribution < 1.29 is 23.5 Å². The number of carbonyl (C=O) groups excluding carboxylic acids is 1. The first-order chi connectivity index (χ1) is 10.9. The van der Waals surface area contributed by atoms with Gasteiger partial charge in [-0.1, -0.05) is 19.1 Å². The minimum absolute atomic E-state index is 0.110. The molecule has 0 aliphatic carbocycles. The van der Waals surface area contributed by atoms with Gasteiger partial charge in [0.15, 0.2) is 5.76 Å². The molecule has 0 aliphatic rings. The van der Waals surface area contributed by atoms with E-state index in [0.29, 0.717) is 12.0 Å². The Morgan fingerprint density at radius 3 is 2.48 bits per heavy atom. The van der Waals surface area contributed by atoms with Gasteiger partial charge >= 0.3 is 5.97 Å². The number of aryl methyl sites for hydroxylation is 2. The Bertz CT molecular complexity index is 706. The molecule has 2 N–H and O–H groups in total. The Labute approximate surface area is 133 Å². The van der Waals surface area contributed by atoms with Crippen molar-refractivity contribution in [1.82, 2.24) is 5.32 Å². The third kappa shape index (κ3) is 3.97. The van der Waals surface area contributed by atoms with Gasteiger partial charge in [-0.05, 0) is 36.2 Å². The molecular weight excluding hydrogens is 301 g/mol. The highest BCUT2D eigenvalue weighted by atomic mass is 19.1. The first-order valence-corrected chi connectivity index (χ1v) is 7.28. The second-order valence-corrected chi connectivity index (χ2v) is 5.22. The topological polar surface area (TPSA) is 79.5 Å². The van der Waals surface area contributed by atoms with E-state index in [1.807, 2.05) is 13.8 Å². The van der Waals surface area contributed by atoms with Gasteiger partial charge in [0.2, 0.25) is 0 Å². The summed E-state index contributed by atoms with van der Waals surface area (Å²) in [5.41, 5.74) is 1.30. The quantitative estimate of drug-likeness (QED) is 0.858. The molecule has 1 atom stereocenters. The van der Waals surface area contributed by atoms with E-state index in [2.05, 4.69) is 5.32 Å². The van der Waals surface area contributed by atoms with Crippen LogP contribution in [0.4, 0.5) is 4.39 Å². The summed E-state index contributed by atoms with van der Waals surface area (Å²) in [4.78, 5) is 23.5. The number of halogens is 1. The fraction of sp³-hybridized carbons (Fsp3) is 0.294. The zero-order valence-corrected chi connectivity index (χ0v) is 12.9. The van der Waals surface area contributed by atoms with Crippen molar-refractivity contribution in [3.8, 4) is 0 Å². The summed E-state index contributed by atoms with van der Waals surface area (Å²) in [5, 5.41) is 11.8. The molecule has 0 bridgehead atoms. The number of furan rings is 1. The van der Waals surface area contributed by atoms with Gasteiger partial charge in [0.1, 0.15) is 11.6 Å². The van der Waals surface area contributed by atoms with Crippen molar-refractivity contribution in [3.05, 3.63) is 58.8 Å². The Hall–Kier alpha value is -2.63. The van der Waals surface area contributed by atoms with Crippen molar-refractivity contribution in [1.29, 1.82) is 0 Å². The lowest BCUT2D eigenvalue weighted by atomic mass is 9.99. The molecule has 2 aromatic rings. The Balaban J connectivity index is 2.07. The van der Waals surface area contributed by atoms with Crippen molar-refractivity contribution in [2.75, 3.05) is 6.54 Å². The lowest BCUT2D eigenvalue weighted by molar-refractivity contribution is -0.138. The number of amides is 1. The van der Waals surface area contributed by atoms with E-state index in [9.17, 15) is 19.1 Å². The lowest BCUT2D eigenvalue weighted by Crippen LogP contribution is -2.31. The molecule has 6 heteroatoms. The molecule has 0 spiro atoms. The Morgan fingerprint density at radius 1 is 1.30 bits per heavy atom. The van der Waals surface area contributed by atoms with Gasteiger partial charge in [-0.3, -0.25) is 9.59 Å². The lowest BCUT2D eigenvalue weighted by Gasteiger charge is -2.13. The van der Waals surface area contributed by atoms with Crippen molar-refractivity contribution in [2.45, 2.75) is 26.2 Å². The monoisotopic (exact) mass is 319 g/mol. The van der Waals surface area contributed by atoms with Crippen molar-refractivity contribution >= 4 is 11.9 Å². The number of carboxylic acid groups (broad SMARTS) is 1. The molecule has 2 rings (SSSR count). The molecule has 1 aromatic carbocycles. The number of aliphatic carboxylic acids is 1. The van der Waals surface area contributed by atoms with E-state index in [0.717, 1.165) is 11.3 Å². The zero-order chi connectivity index (χ0) is 17.0. The summed E-state index contributed by atoms with van der Waals surface area (Å²) in [6.07, 6.45) is 0.673. The summed E-state index contributed by atoms with van der Waals surface area (Å²) in [6.45, 7) is 3.65. The maximum absolute atomic E-state index is 12.9.